The fourth-order valence-electron chi connectivity index (χ4n) is 6.99. The number of rotatable bonds is 8. The molecule has 2 aliphatic carbocycles. The highest BCUT2D eigenvalue weighted by molar-refractivity contribution is 7.91. The predicted octanol–water partition coefficient (Wildman–Crippen LogP) is 2.64. The largest absolute Gasteiger partial charge is 0.494 e. The second-order valence-corrected chi connectivity index (χ2v) is 16.3. The fraction of sp³-hybridized carbons (Fsp3) is 0.571. The number of hydrogen-bond donors (Lipinski definition) is 4. The van der Waals surface area contributed by atoms with Gasteiger partial charge in [0.25, 0.3) is 5.91 Å². The molecule has 1 aromatic carbocycles. The Bertz CT molecular complexity index is 1850. The lowest BCUT2D eigenvalue weighted by atomic mass is 10.0. The van der Waals surface area contributed by atoms with E-state index in [0.29, 0.717) is 43.2 Å². The van der Waals surface area contributed by atoms with Crippen molar-refractivity contribution >= 4 is 44.6 Å². The minimum atomic E-state index is -4.01. The molecule has 15 nitrogen and oxygen atoms in total. The van der Waals surface area contributed by atoms with Gasteiger partial charge in [-0.05, 0) is 58.4 Å². The average Bonchev–Trinajstić information content (AvgIpc) is 3.97. The molecule has 4 amide bonds. The van der Waals surface area contributed by atoms with Gasteiger partial charge in [-0.3, -0.25) is 19.1 Å². The van der Waals surface area contributed by atoms with Crippen LogP contribution >= 0.6 is 0 Å². The number of nitrogens with zero attached hydrogens (tertiary/aromatic N) is 2. The quantitative estimate of drug-likeness (QED) is 0.291. The monoisotopic (exact) mass is 727 g/mol. The summed E-state index contributed by atoms with van der Waals surface area (Å²) in [5.41, 5.74) is -1.57. The van der Waals surface area contributed by atoms with Crippen molar-refractivity contribution in [3.63, 3.8) is 0 Å². The number of amides is 4. The maximum absolute atomic E-state index is 14.4. The van der Waals surface area contributed by atoms with Gasteiger partial charge in [-0.2, -0.15) is 0 Å². The number of methoxy groups -OCH3 is 1. The van der Waals surface area contributed by atoms with Crippen LogP contribution in [0.3, 0.4) is 0 Å². The molecule has 2 aromatic rings. The molecule has 3 fully saturated rings. The van der Waals surface area contributed by atoms with Crippen molar-refractivity contribution in [2.45, 2.75) is 106 Å². The highest BCUT2D eigenvalue weighted by Crippen LogP contribution is 2.47. The smallest absolute Gasteiger partial charge is 0.405 e. The summed E-state index contributed by atoms with van der Waals surface area (Å²) in [7, 11) is -2.48. The number of nitrogens with one attached hydrogen (secondary N) is 3. The summed E-state index contributed by atoms with van der Waals surface area (Å²) < 4.78 is 45.4. The van der Waals surface area contributed by atoms with E-state index in [1.165, 1.54) is 18.2 Å². The molecule has 0 spiro atoms. The normalized spacial score (nSPS) is 31.2. The summed E-state index contributed by atoms with van der Waals surface area (Å²) in [4.78, 5) is 60.2. The van der Waals surface area contributed by atoms with Gasteiger partial charge in [0.2, 0.25) is 27.7 Å². The molecule has 6 rings (SSSR count). The maximum Gasteiger partial charge on any atom is 0.405 e. The van der Waals surface area contributed by atoms with E-state index in [0.717, 1.165) is 5.39 Å². The van der Waals surface area contributed by atoms with Crippen LogP contribution in [0.4, 0.5) is 4.79 Å². The summed E-state index contributed by atoms with van der Waals surface area (Å²) in [6.07, 6.45) is 4.06. The van der Waals surface area contributed by atoms with E-state index in [9.17, 15) is 32.7 Å². The van der Waals surface area contributed by atoms with E-state index in [1.807, 2.05) is 37.3 Å². The van der Waals surface area contributed by atoms with Gasteiger partial charge in [-0.1, -0.05) is 37.3 Å². The Hall–Kier alpha value is -4.44. The summed E-state index contributed by atoms with van der Waals surface area (Å²) in [6.45, 7) is 5.06. The minimum Gasteiger partial charge on any atom is -0.494 e. The number of aromatic nitrogens is 1. The molecule has 51 heavy (non-hydrogen) atoms. The Balaban J connectivity index is 1.35. The first-order valence-electron chi connectivity index (χ1n) is 17.3. The minimum absolute atomic E-state index is 0.0258. The van der Waals surface area contributed by atoms with E-state index >= 15 is 0 Å². The van der Waals surface area contributed by atoms with Crippen LogP contribution < -0.4 is 24.8 Å². The van der Waals surface area contributed by atoms with Gasteiger partial charge in [-0.25, -0.2) is 18.2 Å². The third-order valence-electron chi connectivity index (χ3n) is 10.5. The van der Waals surface area contributed by atoms with Crippen LogP contribution in [-0.2, 0) is 29.1 Å². The lowest BCUT2D eigenvalue weighted by molar-refractivity contribution is -0.145. The second-order valence-electron chi connectivity index (χ2n) is 14.1. The SMILES string of the molecule is CC[C@@H]1O[C@H](C)CC/C=C\[C@@H]2C[C@@]2(C(=O)NS(=O)(=O)C2(C)CC2)NC(=O)[C@@H]2C[C@@H](Oc3ncc(OC)c4ccccc34)CN2C(=O)[C@H]1NC(=O)O. The van der Waals surface area contributed by atoms with Crippen molar-refractivity contribution in [3.8, 4) is 11.6 Å². The van der Waals surface area contributed by atoms with Crippen molar-refractivity contribution in [1.82, 2.24) is 25.2 Å². The molecule has 276 valence electrons. The third-order valence-corrected chi connectivity index (χ3v) is 12.7. The maximum atomic E-state index is 14.4. The standard InChI is InChI=1S/C35H45N5O10S/c1-5-26-28(37-33(44)45)31(42)40-19-22(50-30-24-13-9-8-12-23(24)27(48-4)18-36-30)16-25(40)29(41)38-35(17-21(35)11-7-6-10-20(2)49-26)32(43)39-51(46,47)34(3)14-15-34/h7-9,11-13,18,20-22,25-26,28,37H,5-6,10,14-17,19H2,1-4H3,(H,38,41)(H,39,43)(H,44,45)/b11-7-/t20-,21-,22-,25+,26+,28+,35-/m1/s1. The van der Waals surface area contributed by atoms with Gasteiger partial charge >= 0.3 is 6.09 Å². The molecule has 1 aromatic heterocycles. The molecule has 1 saturated heterocycles. The van der Waals surface area contributed by atoms with E-state index < -0.39 is 74.3 Å². The Morgan fingerprint density at radius 3 is 2.59 bits per heavy atom. The zero-order valence-electron chi connectivity index (χ0n) is 29.1. The second kappa shape index (κ2) is 13.9. The summed E-state index contributed by atoms with van der Waals surface area (Å²) in [5.74, 6) is -1.95. The van der Waals surface area contributed by atoms with Crippen LogP contribution in [0.1, 0.15) is 65.7 Å². The molecule has 7 atom stereocenters. The van der Waals surface area contributed by atoms with Crippen LogP contribution in [0.25, 0.3) is 10.8 Å². The van der Waals surface area contributed by atoms with Crippen molar-refractivity contribution in [2.24, 2.45) is 5.92 Å². The molecule has 4 aliphatic rings. The number of carbonyl (C=O) groups excluding carboxylic acids is 3. The number of fused-ring (bicyclic) bond motifs is 3. The zero-order chi connectivity index (χ0) is 36.7. The molecular formula is C35H45N5O10S. The Kier molecular flexibility index (Phi) is 9.94. The van der Waals surface area contributed by atoms with E-state index in [4.69, 9.17) is 14.2 Å². The van der Waals surface area contributed by atoms with Crippen LogP contribution in [0.5, 0.6) is 11.6 Å². The molecule has 2 saturated carbocycles. The number of pyridine rings is 1. The number of sulfonamides is 1. The lowest BCUT2D eigenvalue weighted by Crippen LogP contribution is -2.60. The van der Waals surface area contributed by atoms with E-state index in [1.54, 1.807) is 19.9 Å². The summed E-state index contributed by atoms with van der Waals surface area (Å²) >= 11 is 0. The number of hydrogen-bond acceptors (Lipinski definition) is 10. The van der Waals surface area contributed by atoms with Crippen molar-refractivity contribution in [1.29, 1.82) is 0 Å². The molecule has 0 unspecified atom stereocenters. The molecular weight excluding hydrogens is 682 g/mol. The van der Waals surface area contributed by atoms with Crippen LogP contribution in [0, 0.1) is 5.92 Å². The van der Waals surface area contributed by atoms with Gasteiger partial charge in [0.1, 0.15) is 29.5 Å². The van der Waals surface area contributed by atoms with Crippen LogP contribution in [-0.4, -0.2) is 102 Å². The van der Waals surface area contributed by atoms with Gasteiger partial charge in [-0.15, -0.1) is 0 Å². The first-order valence-corrected chi connectivity index (χ1v) is 18.8. The highest BCUT2D eigenvalue weighted by atomic mass is 32.2. The molecule has 0 bridgehead atoms. The summed E-state index contributed by atoms with van der Waals surface area (Å²) in [5, 5.41) is 16.3. The first-order chi connectivity index (χ1) is 24.2. The van der Waals surface area contributed by atoms with Crippen LogP contribution in [0.15, 0.2) is 42.6 Å². The molecule has 16 heteroatoms. The molecule has 0 radical (unpaired) electrons. The lowest BCUT2D eigenvalue weighted by Gasteiger charge is -2.33. The van der Waals surface area contributed by atoms with E-state index in [2.05, 4.69) is 20.3 Å². The van der Waals surface area contributed by atoms with Gasteiger partial charge in [0.15, 0.2) is 0 Å². The average molecular weight is 728 g/mol. The zero-order valence-corrected chi connectivity index (χ0v) is 29.9. The van der Waals surface area contributed by atoms with E-state index in [-0.39, 0.29) is 31.4 Å². The predicted molar refractivity (Wildman–Crippen MR) is 184 cm³/mol. The van der Waals surface area contributed by atoms with Crippen LogP contribution in [0.2, 0.25) is 0 Å². The van der Waals surface area contributed by atoms with Gasteiger partial charge in [0.05, 0.1) is 36.8 Å². The Morgan fingerprint density at radius 1 is 1.20 bits per heavy atom. The third kappa shape index (κ3) is 7.20. The fourth-order valence-corrected chi connectivity index (χ4v) is 8.30. The number of ether oxygens (including phenoxy) is 3. The Labute approximate surface area is 296 Å². The topological polar surface area (TPSA) is 203 Å². The number of benzene rings is 1. The number of carbonyl (C=O) groups is 4. The van der Waals surface area contributed by atoms with Gasteiger partial charge < -0.3 is 34.9 Å². The molecule has 4 N–H and O–H groups in total. The number of carboxylic acid groups (broad SMARTS) is 1. The highest BCUT2D eigenvalue weighted by Gasteiger charge is 2.63. The van der Waals surface area contributed by atoms with Crippen molar-refractivity contribution in [2.75, 3.05) is 13.7 Å². The molecule has 2 aliphatic heterocycles. The van der Waals surface area contributed by atoms with Gasteiger partial charge in [0, 0.05) is 23.1 Å². The van der Waals surface area contributed by atoms with Crippen molar-refractivity contribution in [3.05, 3.63) is 42.6 Å². The number of allylic oxidation sites excluding steroid dienone is 1. The Morgan fingerprint density at radius 2 is 1.92 bits per heavy atom. The molecule has 3 heterocycles. The summed E-state index contributed by atoms with van der Waals surface area (Å²) in [6, 6.07) is 4.74. The first kappa shape index (κ1) is 36.4. The van der Waals surface area contributed by atoms with Crippen molar-refractivity contribution < 1.29 is 46.9 Å².